The molecular formula is C13H15. The first-order valence-corrected chi connectivity index (χ1v) is 5.02. The molecule has 0 saturated carbocycles. The SMILES string of the molecule is CCC1=Cc2cccc(CC)c2[CH]1. The van der Waals surface area contributed by atoms with Crippen molar-refractivity contribution in [1.82, 2.24) is 0 Å². The van der Waals surface area contributed by atoms with E-state index in [4.69, 9.17) is 0 Å². The summed E-state index contributed by atoms with van der Waals surface area (Å²) >= 11 is 0. The predicted octanol–water partition coefficient (Wildman–Crippen LogP) is 3.61. The van der Waals surface area contributed by atoms with Gasteiger partial charge in [-0.25, -0.2) is 0 Å². The van der Waals surface area contributed by atoms with Crippen molar-refractivity contribution in [2.45, 2.75) is 26.7 Å². The smallest absolute Gasteiger partial charge is 0.0167 e. The fourth-order valence-electron chi connectivity index (χ4n) is 1.87. The normalized spacial score (nSPS) is 14.2. The lowest BCUT2D eigenvalue weighted by molar-refractivity contribution is 1.10. The third-order valence-corrected chi connectivity index (χ3v) is 2.69. The first kappa shape index (κ1) is 8.55. The van der Waals surface area contributed by atoms with Crippen LogP contribution in [0.15, 0.2) is 23.8 Å². The van der Waals surface area contributed by atoms with Crippen molar-refractivity contribution in [1.29, 1.82) is 0 Å². The second-order valence-corrected chi connectivity index (χ2v) is 3.49. The number of allylic oxidation sites excluding steroid dienone is 1. The molecule has 0 amide bonds. The third-order valence-electron chi connectivity index (χ3n) is 2.69. The number of rotatable bonds is 2. The molecule has 0 atom stereocenters. The zero-order valence-corrected chi connectivity index (χ0v) is 8.30. The molecule has 0 fully saturated rings. The summed E-state index contributed by atoms with van der Waals surface area (Å²) < 4.78 is 0. The average Bonchev–Trinajstić information content (AvgIpc) is 2.59. The van der Waals surface area contributed by atoms with Crippen molar-refractivity contribution < 1.29 is 0 Å². The summed E-state index contributed by atoms with van der Waals surface area (Å²) in [7, 11) is 0. The second-order valence-electron chi connectivity index (χ2n) is 3.49. The predicted molar refractivity (Wildman–Crippen MR) is 57.5 cm³/mol. The molecule has 67 valence electrons. The third kappa shape index (κ3) is 1.41. The fourth-order valence-corrected chi connectivity index (χ4v) is 1.87. The Bertz CT molecular complexity index is 345. The lowest BCUT2D eigenvalue weighted by Gasteiger charge is -2.05. The molecule has 0 spiro atoms. The van der Waals surface area contributed by atoms with E-state index in [1.807, 2.05) is 0 Å². The lowest BCUT2D eigenvalue weighted by atomic mass is 10.00. The monoisotopic (exact) mass is 171 g/mol. The largest absolute Gasteiger partial charge is 0.0616 e. The van der Waals surface area contributed by atoms with Crippen LogP contribution in [0, 0.1) is 6.42 Å². The molecular weight excluding hydrogens is 156 g/mol. The highest BCUT2D eigenvalue weighted by atomic mass is 14.2. The lowest BCUT2D eigenvalue weighted by Crippen LogP contribution is -1.90. The van der Waals surface area contributed by atoms with Gasteiger partial charge in [-0.2, -0.15) is 0 Å². The molecule has 0 N–H and O–H groups in total. The number of benzene rings is 1. The summed E-state index contributed by atoms with van der Waals surface area (Å²) in [5.74, 6) is 0. The number of hydrogen-bond donors (Lipinski definition) is 0. The molecule has 0 unspecified atom stereocenters. The van der Waals surface area contributed by atoms with Gasteiger partial charge in [-0.1, -0.05) is 43.7 Å². The summed E-state index contributed by atoms with van der Waals surface area (Å²) in [6, 6.07) is 6.58. The van der Waals surface area contributed by atoms with Crippen LogP contribution in [0.1, 0.15) is 37.0 Å². The van der Waals surface area contributed by atoms with Gasteiger partial charge in [0, 0.05) is 6.42 Å². The Hall–Kier alpha value is -1.04. The Morgan fingerprint density at radius 2 is 1.92 bits per heavy atom. The second kappa shape index (κ2) is 3.37. The Labute approximate surface area is 80.3 Å². The van der Waals surface area contributed by atoms with Crippen LogP contribution < -0.4 is 0 Å². The Morgan fingerprint density at radius 3 is 2.62 bits per heavy atom. The van der Waals surface area contributed by atoms with Crippen LogP contribution in [0.5, 0.6) is 0 Å². The molecule has 1 aromatic rings. The molecule has 0 nitrogen and oxygen atoms in total. The van der Waals surface area contributed by atoms with Crippen LogP contribution in [0.3, 0.4) is 0 Å². The van der Waals surface area contributed by atoms with Crippen molar-refractivity contribution in [3.05, 3.63) is 46.9 Å². The van der Waals surface area contributed by atoms with Crippen molar-refractivity contribution >= 4 is 6.08 Å². The van der Waals surface area contributed by atoms with Gasteiger partial charge in [-0.3, -0.25) is 0 Å². The van der Waals surface area contributed by atoms with Crippen LogP contribution in [0.4, 0.5) is 0 Å². The molecule has 0 heteroatoms. The molecule has 0 saturated heterocycles. The minimum Gasteiger partial charge on any atom is -0.0616 e. The Balaban J connectivity index is 2.41. The van der Waals surface area contributed by atoms with E-state index in [-0.39, 0.29) is 0 Å². The zero-order valence-electron chi connectivity index (χ0n) is 8.30. The molecule has 1 aromatic carbocycles. The zero-order chi connectivity index (χ0) is 9.26. The molecule has 13 heavy (non-hydrogen) atoms. The summed E-state index contributed by atoms with van der Waals surface area (Å²) in [6.45, 7) is 4.42. The van der Waals surface area contributed by atoms with Crippen LogP contribution in [-0.4, -0.2) is 0 Å². The molecule has 1 aliphatic carbocycles. The fraction of sp³-hybridized carbons (Fsp3) is 0.308. The van der Waals surface area contributed by atoms with Crippen molar-refractivity contribution in [2.75, 3.05) is 0 Å². The van der Waals surface area contributed by atoms with Gasteiger partial charge >= 0.3 is 0 Å². The van der Waals surface area contributed by atoms with Crippen molar-refractivity contribution in [3.8, 4) is 0 Å². The van der Waals surface area contributed by atoms with E-state index in [0.717, 1.165) is 12.8 Å². The van der Waals surface area contributed by atoms with Gasteiger partial charge in [0.25, 0.3) is 0 Å². The maximum atomic E-state index is 2.33. The highest BCUT2D eigenvalue weighted by Crippen LogP contribution is 2.31. The minimum atomic E-state index is 1.13. The van der Waals surface area contributed by atoms with Crippen molar-refractivity contribution in [3.63, 3.8) is 0 Å². The first-order valence-electron chi connectivity index (χ1n) is 5.02. The van der Waals surface area contributed by atoms with Crippen LogP contribution >= 0.6 is 0 Å². The summed E-state index contributed by atoms with van der Waals surface area (Å²) in [4.78, 5) is 0. The van der Waals surface area contributed by atoms with Crippen LogP contribution in [0.25, 0.3) is 6.08 Å². The van der Waals surface area contributed by atoms with Gasteiger partial charge in [-0.15, -0.1) is 0 Å². The van der Waals surface area contributed by atoms with Gasteiger partial charge < -0.3 is 0 Å². The van der Waals surface area contributed by atoms with Gasteiger partial charge in [0.2, 0.25) is 0 Å². The van der Waals surface area contributed by atoms with Crippen LogP contribution in [0.2, 0.25) is 0 Å². The maximum absolute atomic E-state index is 2.33. The number of aryl methyl sites for hydroxylation is 1. The quantitative estimate of drug-likeness (QED) is 0.637. The van der Waals surface area contributed by atoms with Gasteiger partial charge in [-0.05, 0) is 29.5 Å². The van der Waals surface area contributed by atoms with E-state index >= 15 is 0 Å². The molecule has 0 aromatic heterocycles. The molecule has 1 aliphatic rings. The molecule has 0 heterocycles. The maximum Gasteiger partial charge on any atom is 0.0167 e. The van der Waals surface area contributed by atoms with Crippen molar-refractivity contribution in [2.24, 2.45) is 0 Å². The van der Waals surface area contributed by atoms with E-state index in [0.29, 0.717) is 0 Å². The van der Waals surface area contributed by atoms with Gasteiger partial charge in [0.15, 0.2) is 0 Å². The van der Waals surface area contributed by atoms with E-state index in [2.05, 4.69) is 44.5 Å². The van der Waals surface area contributed by atoms with Gasteiger partial charge in [0.05, 0.1) is 0 Å². The minimum absolute atomic E-state index is 1.13. The van der Waals surface area contributed by atoms with Gasteiger partial charge in [0.1, 0.15) is 0 Å². The van der Waals surface area contributed by atoms with E-state index in [1.54, 1.807) is 0 Å². The van der Waals surface area contributed by atoms with E-state index < -0.39 is 0 Å². The summed E-state index contributed by atoms with van der Waals surface area (Å²) in [6.07, 6.45) is 6.89. The first-order chi connectivity index (χ1) is 6.35. The topological polar surface area (TPSA) is 0 Å². The van der Waals surface area contributed by atoms with E-state index in [9.17, 15) is 0 Å². The standard InChI is InChI=1S/C13H15/c1-3-10-8-12-7-5-6-11(4-2)13(12)9-10/h5-9H,3-4H2,1-2H3. The average molecular weight is 171 g/mol. The van der Waals surface area contributed by atoms with Crippen LogP contribution in [-0.2, 0) is 6.42 Å². The Morgan fingerprint density at radius 1 is 1.08 bits per heavy atom. The number of fused-ring (bicyclic) bond motifs is 1. The Kier molecular flexibility index (Phi) is 2.22. The molecule has 1 radical (unpaired) electrons. The highest BCUT2D eigenvalue weighted by Gasteiger charge is 2.13. The summed E-state index contributed by atoms with van der Waals surface area (Å²) in [5, 5.41) is 0. The molecule has 0 bridgehead atoms. The number of hydrogen-bond acceptors (Lipinski definition) is 0. The summed E-state index contributed by atoms with van der Waals surface area (Å²) in [5.41, 5.74) is 5.77. The molecule has 0 aliphatic heterocycles. The van der Waals surface area contributed by atoms with E-state index in [1.165, 1.54) is 22.3 Å². The molecule has 2 rings (SSSR count). The highest BCUT2D eigenvalue weighted by molar-refractivity contribution is 5.70.